The van der Waals surface area contributed by atoms with E-state index < -0.39 is 0 Å². The lowest BCUT2D eigenvalue weighted by Crippen LogP contribution is -1.76. The first-order valence-electron chi connectivity index (χ1n) is 15.9. The molecule has 44 heavy (non-hydrogen) atoms. The van der Waals surface area contributed by atoms with E-state index in [0.717, 1.165) is 25.7 Å². The van der Waals surface area contributed by atoms with Crippen molar-refractivity contribution in [3.8, 4) is 0 Å². The zero-order valence-electron chi connectivity index (χ0n) is 30.1. The Balaban J connectivity index is 0. The van der Waals surface area contributed by atoms with Crippen LogP contribution in [0.4, 0.5) is 0 Å². The van der Waals surface area contributed by atoms with Crippen molar-refractivity contribution in [2.75, 3.05) is 0 Å². The van der Waals surface area contributed by atoms with E-state index in [4.69, 9.17) is 0 Å². The van der Waals surface area contributed by atoms with Gasteiger partial charge in [-0.3, -0.25) is 0 Å². The number of rotatable bonds is 16. The van der Waals surface area contributed by atoms with Crippen LogP contribution in [0, 0.1) is 0 Å². The first kappa shape index (κ1) is 42.4. The molecule has 0 fully saturated rings. The maximum atomic E-state index is 9.44. The summed E-state index contributed by atoms with van der Waals surface area (Å²) in [5.41, 5.74) is 10.5. The van der Waals surface area contributed by atoms with Gasteiger partial charge in [-0.15, -0.1) is 0 Å². The van der Waals surface area contributed by atoms with E-state index in [0.29, 0.717) is 0 Å². The van der Waals surface area contributed by atoms with Gasteiger partial charge in [0.1, 0.15) is 5.78 Å². The van der Waals surface area contributed by atoms with Gasteiger partial charge in [0, 0.05) is 0 Å². The van der Waals surface area contributed by atoms with E-state index >= 15 is 0 Å². The number of hydrogen-bond donors (Lipinski definition) is 0. The number of Topliss-reactive ketones (excluding diaryl/α,β-unsaturated/α-hetero) is 1. The van der Waals surface area contributed by atoms with Crippen LogP contribution in [0.1, 0.15) is 109 Å². The quantitative estimate of drug-likeness (QED) is 0.128. The molecule has 0 saturated carbocycles. The standard InChI is InChI=1S/C40H56.C3H6O/c1-33(2)19-13-23-37(7)27-17-31-39(9)29-15-25-35(5)21-11-12-22-36(6)26-16-30-40(10)32-18-28-38(8)24-14-20-34(3)4;1-3(2)4/h11-12,15-22,25-32H,13-14,23-24H2,1-10H3;1-2H3/b12-11+,25-15+,26-16+,31-17+,32-18+,35-21+,36-22+,37-27+,38-28+,39-29+,40-30+;. The topological polar surface area (TPSA) is 17.1 Å². The zero-order valence-corrected chi connectivity index (χ0v) is 30.1. The molecule has 0 aromatic carbocycles. The predicted molar refractivity (Wildman–Crippen MR) is 202 cm³/mol. The summed E-state index contributed by atoms with van der Waals surface area (Å²) < 4.78 is 0. The third-order valence-corrected chi connectivity index (χ3v) is 5.93. The molecule has 0 heterocycles. The fourth-order valence-corrected chi connectivity index (χ4v) is 3.41. The second kappa shape index (κ2) is 28.1. The van der Waals surface area contributed by atoms with Crippen LogP contribution in [-0.2, 0) is 4.79 Å². The monoisotopic (exact) mass is 594 g/mol. The normalized spacial score (nSPS) is 14.3. The van der Waals surface area contributed by atoms with Gasteiger partial charge >= 0.3 is 0 Å². The molecular weight excluding hydrogens is 532 g/mol. The molecule has 0 aromatic rings. The Labute approximate surface area is 272 Å². The highest BCUT2D eigenvalue weighted by Crippen LogP contribution is 2.09. The van der Waals surface area contributed by atoms with Crippen molar-refractivity contribution in [1.82, 2.24) is 0 Å². The third-order valence-electron chi connectivity index (χ3n) is 5.93. The zero-order chi connectivity index (χ0) is 33.8. The number of carbonyl (C=O) groups excluding carboxylic acids is 1. The van der Waals surface area contributed by atoms with Crippen molar-refractivity contribution in [1.29, 1.82) is 0 Å². The number of hydrogen-bond acceptors (Lipinski definition) is 1. The van der Waals surface area contributed by atoms with Crippen molar-refractivity contribution in [3.63, 3.8) is 0 Å². The van der Waals surface area contributed by atoms with E-state index in [-0.39, 0.29) is 5.78 Å². The average molecular weight is 595 g/mol. The van der Waals surface area contributed by atoms with Crippen LogP contribution in [0.2, 0.25) is 0 Å². The lowest BCUT2D eigenvalue weighted by Gasteiger charge is -1.96. The summed E-state index contributed by atoms with van der Waals surface area (Å²) in [5.74, 6) is 0.167. The van der Waals surface area contributed by atoms with Crippen molar-refractivity contribution in [3.05, 3.63) is 154 Å². The number of carbonyl (C=O) groups is 1. The van der Waals surface area contributed by atoms with Crippen LogP contribution < -0.4 is 0 Å². The maximum absolute atomic E-state index is 9.44. The highest BCUT2D eigenvalue weighted by atomic mass is 16.1. The van der Waals surface area contributed by atoms with Crippen LogP contribution in [0.15, 0.2) is 154 Å². The lowest BCUT2D eigenvalue weighted by molar-refractivity contribution is -0.115. The first-order valence-corrected chi connectivity index (χ1v) is 15.9. The molecule has 0 bridgehead atoms. The Morgan fingerprint density at radius 1 is 0.386 bits per heavy atom. The van der Waals surface area contributed by atoms with Crippen molar-refractivity contribution in [2.24, 2.45) is 0 Å². The molecule has 1 nitrogen and oxygen atoms in total. The maximum Gasteiger partial charge on any atom is 0.126 e. The van der Waals surface area contributed by atoms with E-state index in [1.54, 1.807) is 0 Å². The smallest absolute Gasteiger partial charge is 0.126 e. The van der Waals surface area contributed by atoms with Gasteiger partial charge in [-0.05, 0) is 109 Å². The lowest BCUT2D eigenvalue weighted by atomic mass is 10.1. The van der Waals surface area contributed by atoms with Gasteiger partial charge in [0.05, 0.1) is 0 Å². The summed E-state index contributed by atoms with van der Waals surface area (Å²) in [4.78, 5) is 9.44. The van der Waals surface area contributed by atoms with Gasteiger partial charge in [0.25, 0.3) is 0 Å². The Morgan fingerprint density at radius 2 is 0.636 bits per heavy atom. The molecule has 0 aliphatic carbocycles. The van der Waals surface area contributed by atoms with Crippen molar-refractivity contribution >= 4 is 5.78 Å². The van der Waals surface area contributed by atoms with E-state index in [1.807, 2.05) is 0 Å². The summed E-state index contributed by atoms with van der Waals surface area (Å²) in [6, 6.07) is 0. The molecule has 0 atom stereocenters. The van der Waals surface area contributed by atoms with Crippen LogP contribution in [-0.4, -0.2) is 5.78 Å². The fourth-order valence-electron chi connectivity index (χ4n) is 3.41. The van der Waals surface area contributed by atoms with Crippen molar-refractivity contribution < 1.29 is 4.79 Å². The molecule has 0 spiro atoms. The molecule has 0 saturated heterocycles. The van der Waals surface area contributed by atoms with Crippen LogP contribution in [0.25, 0.3) is 0 Å². The molecule has 0 aromatic heterocycles. The van der Waals surface area contributed by atoms with E-state index in [2.05, 4.69) is 179 Å². The van der Waals surface area contributed by atoms with Gasteiger partial charge in [0.2, 0.25) is 0 Å². The number of allylic oxidation sites excluding steroid dienone is 26. The summed E-state index contributed by atoms with van der Waals surface area (Å²) in [7, 11) is 0. The van der Waals surface area contributed by atoms with E-state index in [9.17, 15) is 4.79 Å². The molecule has 0 radical (unpaired) electrons. The van der Waals surface area contributed by atoms with Gasteiger partial charge in [-0.1, -0.05) is 154 Å². The fraction of sp³-hybridized carbons (Fsp3) is 0.372. The molecule has 0 aliphatic heterocycles. The minimum atomic E-state index is 0.167. The van der Waals surface area contributed by atoms with Crippen LogP contribution in [0.5, 0.6) is 0 Å². The summed E-state index contributed by atoms with van der Waals surface area (Å²) in [6.07, 6.45) is 43.3. The van der Waals surface area contributed by atoms with Gasteiger partial charge < -0.3 is 4.79 Å². The van der Waals surface area contributed by atoms with E-state index in [1.165, 1.54) is 58.4 Å². The van der Waals surface area contributed by atoms with Gasteiger partial charge in [-0.25, -0.2) is 0 Å². The average Bonchev–Trinajstić information content (AvgIpc) is 2.90. The summed E-state index contributed by atoms with van der Waals surface area (Å²) in [6.45, 7) is 24.6. The second-order valence-electron chi connectivity index (χ2n) is 12.0. The minimum Gasteiger partial charge on any atom is -0.300 e. The minimum absolute atomic E-state index is 0.167. The first-order chi connectivity index (χ1) is 20.7. The molecule has 240 valence electrons. The van der Waals surface area contributed by atoms with Gasteiger partial charge in [-0.2, -0.15) is 0 Å². The summed E-state index contributed by atoms with van der Waals surface area (Å²) in [5, 5.41) is 0. The highest BCUT2D eigenvalue weighted by Gasteiger charge is 1.88. The Bertz CT molecular complexity index is 1140. The Hall–Kier alpha value is -3.71. The highest BCUT2D eigenvalue weighted by molar-refractivity contribution is 5.72. The molecule has 0 aliphatic rings. The molecule has 0 N–H and O–H groups in total. The summed E-state index contributed by atoms with van der Waals surface area (Å²) >= 11 is 0. The van der Waals surface area contributed by atoms with Crippen LogP contribution >= 0.6 is 0 Å². The van der Waals surface area contributed by atoms with Gasteiger partial charge in [0.15, 0.2) is 0 Å². The molecule has 0 rings (SSSR count). The molecular formula is C43H62O. The van der Waals surface area contributed by atoms with Crippen molar-refractivity contribution in [2.45, 2.75) is 109 Å². The molecule has 0 amide bonds. The Morgan fingerprint density at radius 3 is 0.909 bits per heavy atom. The molecule has 0 unspecified atom stereocenters. The second-order valence-corrected chi connectivity index (χ2v) is 12.0. The third kappa shape index (κ3) is 34.5. The SMILES string of the molecule is CC(C)=CCC/C(C)=C/C=C/C(C)=C/C=C/C(C)=C/C=C/C=C(C)/C=C/C=C(C)/C=C/C=C(\C)CCC=C(C)C.CC(C)=O. The predicted octanol–water partition coefficient (Wildman–Crippen LogP) is 13.5. The largest absolute Gasteiger partial charge is 0.300 e. The molecule has 1 heteroatoms. The van der Waals surface area contributed by atoms with Crippen LogP contribution in [0.3, 0.4) is 0 Å². The number of ketones is 1. The Kier molecular flexibility index (Phi) is 27.1.